The number of hydrogen-bond acceptors (Lipinski definition) is 9. The summed E-state index contributed by atoms with van der Waals surface area (Å²) < 4.78 is 10.2. The van der Waals surface area contributed by atoms with Crippen molar-refractivity contribution < 1.29 is 14.6 Å². The van der Waals surface area contributed by atoms with E-state index in [0.717, 1.165) is 5.39 Å². The number of carbonyl (C=O) groups is 1. The van der Waals surface area contributed by atoms with Gasteiger partial charge in [0.05, 0.1) is 12.5 Å². The first-order valence-corrected chi connectivity index (χ1v) is 9.09. The van der Waals surface area contributed by atoms with E-state index >= 15 is 0 Å². The van der Waals surface area contributed by atoms with E-state index in [4.69, 9.17) is 4.74 Å². The molecule has 0 saturated heterocycles. The summed E-state index contributed by atoms with van der Waals surface area (Å²) in [5, 5.41) is 21.6. The summed E-state index contributed by atoms with van der Waals surface area (Å²) in [4.78, 5) is 14.8. The van der Waals surface area contributed by atoms with Gasteiger partial charge in [0, 0.05) is 18.5 Å². The molecule has 108 valence electrons. The molecule has 0 spiro atoms. The van der Waals surface area contributed by atoms with E-state index in [2.05, 4.69) is 19.6 Å². The monoisotopic (exact) mass is 340 g/mol. The van der Waals surface area contributed by atoms with Crippen LogP contribution in [0.4, 0.5) is 0 Å². The summed E-state index contributed by atoms with van der Waals surface area (Å²) in [6.07, 6.45) is -0.216. The molecule has 21 heavy (non-hydrogen) atoms. The fourth-order valence-electron chi connectivity index (χ4n) is 1.52. The van der Waals surface area contributed by atoms with Gasteiger partial charge in [0.1, 0.15) is 5.01 Å². The lowest BCUT2D eigenvalue weighted by molar-refractivity contribution is -0.304. The molecule has 0 aromatic carbocycles. The zero-order chi connectivity index (χ0) is 14.8. The van der Waals surface area contributed by atoms with Crippen molar-refractivity contribution >= 4 is 48.8 Å². The van der Waals surface area contributed by atoms with Gasteiger partial charge in [-0.15, -0.1) is 10.2 Å². The lowest BCUT2D eigenvalue weighted by atomic mass is 10.4. The van der Waals surface area contributed by atoms with Crippen molar-refractivity contribution in [2.75, 3.05) is 7.11 Å². The summed E-state index contributed by atoms with van der Waals surface area (Å²) in [6, 6.07) is 3.69. The zero-order valence-electron chi connectivity index (χ0n) is 10.7. The Morgan fingerprint density at radius 3 is 3.10 bits per heavy atom. The molecule has 10 heteroatoms. The second-order valence-electron chi connectivity index (χ2n) is 3.85. The Balaban J connectivity index is 1.81. The highest BCUT2D eigenvalue weighted by Gasteiger charge is 2.19. The highest BCUT2D eigenvalue weighted by Crippen LogP contribution is 2.40. The first-order chi connectivity index (χ1) is 10.1. The Labute approximate surface area is 129 Å². The third kappa shape index (κ3) is 3.28. The second-order valence-corrected chi connectivity index (χ2v) is 8.21. The summed E-state index contributed by atoms with van der Waals surface area (Å²) in [6.45, 7) is 0. The molecule has 0 radical (unpaired) electrons. The fourth-order valence-corrected chi connectivity index (χ4v) is 5.83. The second kappa shape index (κ2) is 5.92. The van der Waals surface area contributed by atoms with Crippen LogP contribution in [0.15, 0.2) is 21.9 Å². The SMILES string of the molecule is COc1ccc2c[s+](Sc3nnc(CC(=O)[O-])s3)nc2n1. The van der Waals surface area contributed by atoms with Gasteiger partial charge in [-0.1, -0.05) is 11.3 Å². The summed E-state index contributed by atoms with van der Waals surface area (Å²) >= 11 is 1.24. The van der Waals surface area contributed by atoms with Crippen LogP contribution in [0.1, 0.15) is 5.01 Å². The summed E-state index contributed by atoms with van der Waals surface area (Å²) in [7, 11) is 2.54. The van der Waals surface area contributed by atoms with Crippen LogP contribution in [-0.2, 0) is 11.2 Å². The number of aromatic nitrogens is 4. The van der Waals surface area contributed by atoms with Gasteiger partial charge in [-0.25, -0.2) is 0 Å². The predicted octanol–water partition coefficient (Wildman–Crippen LogP) is 1.09. The molecule has 1 unspecified atom stereocenters. The summed E-state index contributed by atoms with van der Waals surface area (Å²) in [5.41, 5.74) is 0.643. The highest BCUT2D eigenvalue weighted by atomic mass is 33.1. The molecule has 0 N–H and O–H groups in total. The minimum Gasteiger partial charge on any atom is -0.550 e. The van der Waals surface area contributed by atoms with E-state index in [1.54, 1.807) is 13.2 Å². The predicted molar refractivity (Wildman–Crippen MR) is 78.4 cm³/mol. The van der Waals surface area contributed by atoms with Gasteiger partial charge in [0.2, 0.25) is 26.7 Å². The van der Waals surface area contributed by atoms with Crippen LogP contribution in [0.5, 0.6) is 5.88 Å². The Morgan fingerprint density at radius 1 is 1.48 bits per heavy atom. The molecule has 0 bridgehead atoms. The molecule has 0 saturated carbocycles. The molecule has 3 heterocycles. The molecule has 0 amide bonds. The van der Waals surface area contributed by atoms with Crippen LogP contribution in [0.2, 0.25) is 0 Å². The van der Waals surface area contributed by atoms with Crippen molar-refractivity contribution in [1.82, 2.24) is 19.6 Å². The standard InChI is InChI=1S/C11H8N4O3S3/c1-18-7-3-2-6-5-21(15-10(6)12-7)20-11-14-13-8(19-11)4-9(16)17/h2-3,5H,4H2,1H3. The van der Waals surface area contributed by atoms with E-state index in [9.17, 15) is 9.90 Å². The maximum absolute atomic E-state index is 10.5. The summed E-state index contributed by atoms with van der Waals surface area (Å²) in [5.74, 6) is -0.639. The van der Waals surface area contributed by atoms with Crippen molar-refractivity contribution in [2.45, 2.75) is 10.8 Å². The van der Waals surface area contributed by atoms with Crippen LogP contribution in [0, 0.1) is 0 Å². The molecule has 3 rings (SSSR count). The molecular weight excluding hydrogens is 332 g/mol. The lowest BCUT2D eigenvalue weighted by Crippen LogP contribution is -2.24. The molecular formula is C11H8N4O3S3. The minimum atomic E-state index is -1.16. The van der Waals surface area contributed by atoms with Crippen molar-refractivity contribution in [1.29, 1.82) is 0 Å². The van der Waals surface area contributed by atoms with Crippen molar-refractivity contribution in [3.63, 3.8) is 0 Å². The third-order valence-corrected chi connectivity index (χ3v) is 6.63. The number of hydrogen-bond donors (Lipinski definition) is 0. The van der Waals surface area contributed by atoms with Crippen molar-refractivity contribution in [2.24, 2.45) is 0 Å². The number of fused-ring (bicyclic) bond motifs is 1. The largest absolute Gasteiger partial charge is 0.550 e. The number of carboxylic acid groups (broad SMARTS) is 1. The van der Waals surface area contributed by atoms with Crippen LogP contribution in [-0.4, -0.2) is 32.6 Å². The molecule has 0 fully saturated rings. The topological polar surface area (TPSA) is 101 Å². The van der Waals surface area contributed by atoms with Gasteiger partial charge in [-0.05, 0) is 10.4 Å². The smallest absolute Gasteiger partial charge is 0.233 e. The first-order valence-electron chi connectivity index (χ1n) is 5.69. The minimum absolute atomic E-state index is 0.216. The number of carbonyl (C=O) groups excluding carboxylic acids is 1. The van der Waals surface area contributed by atoms with E-state index < -0.39 is 15.7 Å². The van der Waals surface area contributed by atoms with Crippen LogP contribution < -0.4 is 9.84 Å². The van der Waals surface area contributed by atoms with E-state index in [1.165, 1.54) is 22.1 Å². The van der Waals surface area contributed by atoms with Gasteiger partial charge in [0.25, 0.3) is 0 Å². The fraction of sp³-hybridized carbons (Fsp3) is 0.182. The van der Waals surface area contributed by atoms with Gasteiger partial charge >= 0.3 is 0 Å². The average Bonchev–Trinajstić information content (AvgIpc) is 3.03. The number of carboxylic acids is 1. The molecule has 3 aromatic heterocycles. The van der Waals surface area contributed by atoms with E-state index in [1.807, 2.05) is 11.4 Å². The number of ether oxygens (including phenoxy) is 1. The zero-order valence-corrected chi connectivity index (χ0v) is 13.1. The van der Waals surface area contributed by atoms with Crippen LogP contribution >= 0.6 is 31.8 Å². The maximum Gasteiger partial charge on any atom is 0.233 e. The van der Waals surface area contributed by atoms with E-state index in [-0.39, 0.29) is 6.42 Å². The molecule has 3 aromatic rings. The Bertz CT molecular complexity index is 801. The lowest BCUT2D eigenvalue weighted by Gasteiger charge is -1.93. The van der Waals surface area contributed by atoms with Gasteiger partial charge in [0.15, 0.2) is 15.1 Å². The molecule has 7 nitrogen and oxygen atoms in total. The molecule has 0 aliphatic carbocycles. The Kier molecular flexibility index (Phi) is 3.99. The quantitative estimate of drug-likeness (QED) is 0.502. The highest BCUT2D eigenvalue weighted by molar-refractivity contribution is 8.45. The van der Waals surface area contributed by atoms with E-state index in [0.29, 0.717) is 20.9 Å². The van der Waals surface area contributed by atoms with Crippen molar-refractivity contribution in [3.05, 3.63) is 22.5 Å². The molecule has 1 atom stereocenters. The van der Waals surface area contributed by atoms with Crippen LogP contribution in [0.25, 0.3) is 11.0 Å². The third-order valence-electron chi connectivity index (χ3n) is 2.39. The first kappa shape index (κ1) is 14.2. The van der Waals surface area contributed by atoms with Crippen molar-refractivity contribution in [3.8, 4) is 5.88 Å². The van der Waals surface area contributed by atoms with Gasteiger partial charge in [-0.3, -0.25) is 0 Å². The van der Waals surface area contributed by atoms with Crippen LogP contribution in [0.3, 0.4) is 0 Å². The number of rotatable bonds is 5. The number of pyridine rings is 1. The normalized spacial score (nSPS) is 11.8. The van der Waals surface area contributed by atoms with Gasteiger partial charge < -0.3 is 14.6 Å². The Morgan fingerprint density at radius 2 is 2.33 bits per heavy atom. The Hall–Kier alpha value is -1.78. The molecule has 0 aliphatic heterocycles. The van der Waals surface area contributed by atoms with Gasteiger partial charge in [-0.2, -0.15) is 4.98 Å². The average molecular weight is 340 g/mol. The number of methoxy groups -OCH3 is 1. The number of nitrogens with zero attached hydrogens (tertiary/aromatic N) is 4. The molecule has 0 aliphatic rings. The maximum atomic E-state index is 10.5. The number of aliphatic carboxylic acids is 1.